The zero-order valence-corrected chi connectivity index (χ0v) is 8.19. The van der Waals surface area contributed by atoms with Gasteiger partial charge in [-0.2, -0.15) is 5.10 Å². The molecule has 0 aliphatic rings. The standard InChI is InChI=1S/C7H11ClN2.ClH/c1-6(2)10-5-7(3-8)4-9-10;/h4-6H,3H2,1-2H3;1H. The van der Waals surface area contributed by atoms with Gasteiger partial charge in [-0.3, -0.25) is 4.68 Å². The number of alkyl halides is 1. The van der Waals surface area contributed by atoms with Gasteiger partial charge < -0.3 is 0 Å². The summed E-state index contributed by atoms with van der Waals surface area (Å²) in [4.78, 5) is 0. The predicted octanol–water partition coefficient (Wildman–Crippen LogP) is 2.62. The SMILES string of the molecule is CC(C)n1cc(CCl)cn1.Cl. The van der Waals surface area contributed by atoms with E-state index in [0.29, 0.717) is 11.9 Å². The highest BCUT2D eigenvalue weighted by molar-refractivity contribution is 6.17. The summed E-state index contributed by atoms with van der Waals surface area (Å²) in [7, 11) is 0. The molecule has 1 heterocycles. The van der Waals surface area contributed by atoms with E-state index >= 15 is 0 Å². The molecule has 1 rings (SSSR count). The second-order valence-electron chi connectivity index (χ2n) is 2.56. The second kappa shape index (κ2) is 4.62. The smallest absolute Gasteiger partial charge is 0.0534 e. The molecule has 0 N–H and O–H groups in total. The Hall–Kier alpha value is -0.210. The maximum atomic E-state index is 5.59. The molecule has 0 atom stereocenters. The van der Waals surface area contributed by atoms with Gasteiger partial charge in [0.25, 0.3) is 0 Å². The fourth-order valence-corrected chi connectivity index (χ4v) is 0.867. The molecule has 1 aromatic heterocycles. The normalized spacial score (nSPS) is 9.82. The van der Waals surface area contributed by atoms with Crippen LogP contribution in [0.2, 0.25) is 0 Å². The molecule has 0 fully saturated rings. The molecule has 0 unspecified atom stereocenters. The molecule has 64 valence electrons. The van der Waals surface area contributed by atoms with Crippen LogP contribution in [0.4, 0.5) is 0 Å². The first-order valence-corrected chi connectivity index (χ1v) is 3.86. The predicted molar refractivity (Wildman–Crippen MR) is 49.4 cm³/mol. The molecule has 0 spiro atoms. The van der Waals surface area contributed by atoms with E-state index in [0.717, 1.165) is 5.56 Å². The van der Waals surface area contributed by atoms with Crippen LogP contribution in [-0.4, -0.2) is 9.78 Å². The first-order valence-electron chi connectivity index (χ1n) is 3.33. The minimum absolute atomic E-state index is 0. The van der Waals surface area contributed by atoms with Crippen LogP contribution in [0, 0.1) is 0 Å². The summed E-state index contributed by atoms with van der Waals surface area (Å²) in [6, 6.07) is 0.428. The molecule has 0 aromatic carbocycles. The first-order chi connectivity index (χ1) is 4.74. The van der Waals surface area contributed by atoms with Gasteiger partial charge in [-0.1, -0.05) is 0 Å². The highest BCUT2D eigenvalue weighted by Crippen LogP contribution is 2.06. The lowest BCUT2D eigenvalue weighted by Gasteiger charge is -2.02. The van der Waals surface area contributed by atoms with Crippen molar-refractivity contribution in [2.75, 3.05) is 0 Å². The van der Waals surface area contributed by atoms with E-state index in [1.165, 1.54) is 0 Å². The molecule has 0 aliphatic heterocycles. The van der Waals surface area contributed by atoms with Crippen molar-refractivity contribution in [2.24, 2.45) is 0 Å². The highest BCUT2D eigenvalue weighted by atomic mass is 35.5. The summed E-state index contributed by atoms with van der Waals surface area (Å²) < 4.78 is 1.90. The Bertz CT molecular complexity index is 208. The quantitative estimate of drug-likeness (QED) is 0.663. The van der Waals surface area contributed by atoms with Crippen molar-refractivity contribution in [1.82, 2.24) is 9.78 Å². The Labute approximate surface area is 78.0 Å². The van der Waals surface area contributed by atoms with Crippen molar-refractivity contribution in [1.29, 1.82) is 0 Å². The molecule has 2 nitrogen and oxygen atoms in total. The van der Waals surface area contributed by atoms with Gasteiger partial charge in [-0.15, -0.1) is 24.0 Å². The zero-order valence-electron chi connectivity index (χ0n) is 6.62. The van der Waals surface area contributed by atoms with Crippen LogP contribution in [0.1, 0.15) is 25.5 Å². The lowest BCUT2D eigenvalue weighted by molar-refractivity contribution is 0.532. The fourth-order valence-electron chi connectivity index (χ4n) is 0.729. The van der Waals surface area contributed by atoms with Gasteiger partial charge in [0.1, 0.15) is 0 Å². The zero-order chi connectivity index (χ0) is 7.56. The van der Waals surface area contributed by atoms with Gasteiger partial charge in [-0.05, 0) is 13.8 Å². The molecule has 1 aromatic rings. The molecule has 0 radical (unpaired) electrons. The minimum atomic E-state index is 0. The van der Waals surface area contributed by atoms with E-state index in [-0.39, 0.29) is 12.4 Å². The van der Waals surface area contributed by atoms with Crippen molar-refractivity contribution in [3.05, 3.63) is 18.0 Å². The maximum absolute atomic E-state index is 5.59. The number of nitrogens with zero attached hydrogens (tertiary/aromatic N) is 2. The third-order valence-corrected chi connectivity index (χ3v) is 1.65. The van der Waals surface area contributed by atoms with E-state index in [4.69, 9.17) is 11.6 Å². The minimum Gasteiger partial charge on any atom is -0.270 e. The van der Waals surface area contributed by atoms with E-state index in [9.17, 15) is 0 Å². The number of hydrogen-bond donors (Lipinski definition) is 0. The van der Waals surface area contributed by atoms with Crippen LogP contribution >= 0.6 is 24.0 Å². The van der Waals surface area contributed by atoms with Crippen LogP contribution in [0.3, 0.4) is 0 Å². The molecule has 0 amide bonds. The summed E-state index contributed by atoms with van der Waals surface area (Å²) in [5.41, 5.74) is 1.08. The summed E-state index contributed by atoms with van der Waals surface area (Å²) in [6.07, 6.45) is 3.77. The summed E-state index contributed by atoms with van der Waals surface area (Å²) in [5.74, 6) is 0.548. The van der Waals surface area contributed by atoms with E-state index < -0.39 is 0 Å². The van der Waals surface area contributed by atoms with E-state index in [1.54, 1.807) is 6.20 Å². The van der Waals surface area contributed by atoms with Gasteiger partial charge in [-0.25, -0.2) is 0 Å². The van der Waals surface area contributed by atoms with Crippen molar-refractivity contribution < 1.29 is 0 Å². The average Bonchev–Trinajstić information content (AvgIpc) is 2.34. The molecule has 0 aliphatic carbocycles. The molecule has 4 heteroatoms. The van der Waals surface area contributed by atoms with E-state index in [2.05, 4.69) is 18.9 Å². The summed E-state index contributed by atoms with van der Waals surface area (Å²) >= 11 is 5.59. The molecule has 0 bridgehead atoms. The highest BCUT2D eigenvalue weighted by Gasteiger charge is 1.98. The molecule has 0 saturated carbocycles. The third kappa shape index (κ3) is 2.72. The topological polar surface area (TPSA) is 17.8 Å². The van der Waals surface area contributed by atoms with Gasteiger partial charge >= 0.3 is 0 Å². The van der Waals surface area contributed by atoms with Crippen molar-refractivity contribution in [2.45, 2.75) is 25.8 Å². The van der Waals surface area contributed by atoms with E-state index in [1.807, 2.05) is 10.9 Å². The van der Waals surface area contributed by atoms with Crippen LogP contribution in [0.25, 0.3) is 0 Å². The van der Waals surface area contributed by atoms with Gasteiger partial charge in [0.05, 0.1) is 12.1 Å². The van der Waals surface area contributed by atoms with Crippen LogP contribution < -0.4 is 0 Å². The number of rotatable bonds is 2. The Balaban J connectivity index is 0.000001000. The Morgan fingerprint density at radius 1 is 1.64 bits per heavy atom. The number of aromatic nitrogens is 2. The Kier molecular flexibility index (Phi) is 4.54. The monoisotopic (exact) mass is 194 g/mol. The molecule has 0 saturated heterocycles. The number of hydrogen-bond acceptors (Lipinski definition) is 1. The van der Waals surface area contributed by atoms with Crippen LogP contribution in [-0.2, 0) is 5.88 Å². The lowest BCUT2D eigenvalue weighted by Crippen LogP contribution is -1.99. The van der Waals surface area contributed by atoms with Crippen LogP contribution in [0.15, 0.2) is 12.4 Å². The fraction of sp³-hybridized carbons (Fsp3) is 0.571. The molecule has 11 heavy (non-hydrogen) atoms. The lowest BCUT2D eigenvalue weighted by atomic mass is 10.4. The summed E-state index contributed by atoms with van der Waals surface area (Å²) in [6.45, 7) is 4.18. The van der Waals surface area contributed by atoms with Crippen LogP contribution in [0.5, 0.6) is 0 Å². The van der Waals surface area contributed by atoms with Gasteiger partial charge in [0.2, 0.25) is 0 Å². The third-order valence-electron chi connectivity index (χ3n) is 1.34. The summed E-state index contributed by atoms with van der Waals surface area (Å²) in [5, 5.41) is 4.12. The van der Waals surface area contributed by atoms with Crippen molar-refractivity contribution in [3.8, 4) is 0 Å². The molecular weight excluding hydrogens is 183 g/mol. The van der Waals surface area contributed by atoms with Crippen molar-refractivity contribution >= 4 is 24.0 Å². The maximum Gasteiger partial charge on any atom is 0.0534 e. The average molecular weight is 195 g/mol. The molecular formula is C7H12Cl2N2. The Morgan fingerprint density at radius 2 is 2.27 bits per heavy atom. The number of halogens is 2. The van der Waals surface area contributed by atoms with Gasteiger partial charge in [0.15, 0.2) is 0 Å². The largest absolute Gasteiger partial charge is 0.270 e. The van der Waals surface area contributed by atoms with Crippen molar-refractivity contribution in [3.63, 3.8) is 0 Å². The Morgan fingerprint density at radius 3 is 2.55 bits per heavy atom. The first kappa shape index (κ1) is 10.8. The van der Waals surface area contributed by atoms with Gasteiger partial charge in [0, 0.05) is 17.8 Å². The second-order valence-corrected chi connectivity index (χ2v) is 2.82.